The van der Waals surface area contributed by atoms with Gasteiger partial charge >= 0.3 is 5.69 Å². The fourth-order valence-corrected chi connectivity index (χ4v) is 9.58. The number of anilines is 8. The van der Waals surface area contributed by atoms with Gasteiger partial charge in [-0.15, -0.1) is 0 Å². The van der Waals surface area contributed by atoms with Gasteiger partial charge in [0, 0.05) is 76.8 Å². The summed E-state index contributed by atoms with van der Waals surface area (Å²) in [5.41, 5.74) is 17.0. The second-order valence-corrected chi connectivity index (χ2v) is 17.8. The molecule has 1 aromatic heterocycles. The lowest BCUT2D eigenvalue weighted by Gasteiger charge is -2.35. The van der Waals surface area contributed by atoms with Crippen molar-refractivity contribution >= 4 is 56.5 Å². The predicted molar refractivity (Wildman–Crippen MR) is 261 cm³/mol. The van der Waals surface area contributed by atoms with Crippen LogP contribution in [0.2, 0.25) is 0 Å². The van der Waals surface area contributed by atoms with E-state index in [1.165, 1.54) is 75.6 Å². The van der Waals surface area contributed by atoms with Gasteiger partial charge < -0.3 is 46.3 Å². The molecule has 11 heteroatoms. The van der Waals surface area contributed by atoms with Crippen molar-refractivity contribution in [2.75, 3.05) is 104 Å². The Morgan fingerprint density at radius 1 is 0.607 bits per heavy atom. The van der Waals surface area contributed by atoms with Crippen LogP contribution in [-0.2, 0) is 6.54 Å². The van der Waals surface area contributed by atoms with Crippen molar-refractivity contribution in [1.29, 1.82) is 0 Å². The molecule has 11 nitrogen and oxygen atoms in total. The molecule has 9 rings (SSSR count). The molecule has 0 atom stereocenters. The number of hydrogen-bond donors (Lipinski definition) is 5. The van der Waals surface area contributed by atoms with Crippen molar-refractivity contribution < 1.29 is 0 Å². The van der Waals surface area contributed by atoms with Gasteiger partial charge in [-0.25, -0.2) is 4.79 Å². The third kappa shape index (κ3) is 11.4. The first-order valence-corrected chi connectivity index (χ1v) is 22.8. The highest BCUT2D eigenvalue weighted by molar-refractivity contribution is 5.90. The number of aromatic amines is 1. The fourth-order valence-electron chi connectivity index (χ4n) is 9.58. The zero-order chi connectivity index (χ0) is 41.3. The maximum absolute atomic E-state index is 12.9. The first-order valence-electron chi connectivity index (χ1n) is 22.8. The highest BCUT2D eigenvalue weighted by Gasteiger charge is 2.23. The molecule has 0 radical (unpaired) electrons. The van der Waals surface area contributed by atoms with Crippen LogP contribution in [0.3, 0.4) is 0 Å². The quantitative estimate of drug-likeness (QED) is 0.0831. The molecule has 4 aliphatic rings. The lowest BCUT2D eigenvalue weighted by molar-refractivity contribution is 0.313. The van der Waals surface area contributed by atoms with Crippen LogP contribution in [0.15, 0.2) is 89.7 Å². The van der Waals surface area contributed by atoms with E-state index in [4.69, 9.17) is 5.73 Å². The molecule has 0 spiro atoms. The number of fused-ring (bicyclic) bond motifs is 1. The fraction of sp³-hybridized carbons (Fsp3) is 0.500. The van der Waals surface area contributed by atoms with E-state index in [0.29, 0.717) is 5.92 Å². The number of H-pyrrole nitrogens is 1. The summed E-state index contributed by atoms with van der Waals surface area (Å²) >= 11 is 0. The lowest BCUT2D eigenvalue weighted by atomic mass is 9.89. The summed E-state index contributed by atoms with van der Waals surface area (Å²) in [4.78, 5) is 25.7. The van der Waals surface area contributed by atoms with E-state index < -0.39 is 0 Å². The van der Waals surface area contributed by atoms with Crippen LogP contribution in [0.25, 0.3) is 11.0 Å². The maximum Gasteiger partial charge on any atom is 0.326 e. The number of likely N-dealkylation sites (N-methyl/N-ethyl adjacent to an activating group) is 2. The standard InChI is InChI=1S/C25H33N5O.C24H35N5.CH4/c1-28-12-14-29(15-13-28)23-17-24-22(16-21(23)26-20-10-6-3-7-11-20)27-25(31)30(24)18-19-8-4-2-5-9-19;1-28-12-14-29(15-13-28)24-17-22(26-18-19-8-4-2-5-9-19)21(25)16-23(24)27-20-10-6-3-7-11-20;/h3,6-7,10-11,16-17,19,26H,2,4-5,8-9,12-15,18H2,1H3,(H,27,31);3,6-7,10-11,16-17,19,26-27H,2,4-5,8-9,12-15,18,25H2,1H3;1H4. The summed E-state index contributed by atoms with van der Waals surface area (Å²) in [6, 6.07) is 29.3. The minimum absolute atomic E-state index is 0. The molecule has 2 saturated carbocycles. The Balaban J connectivity index is 0.000000181. The van der Waals surface area contributed by atoms with E-state index in [1.54, 1.807) is 0 Å². The summed E-state index contributed by atoms with van der Waals surface area (Å²) in [5, 5.41) is 10.9. The van der Waals surface area contributed by atoms with E-state index in [2.05, 4.69) is 115 Å². The van der Waals surface area contributed by atoms with Crippen LogP contribution in [0.1, 0.15) is 71.6 Å². The predicted octanol–water partition coefficient (Wildman–Crippen LogP) is 9.80. The molecular formula is C50H72N10O. The van der Waals surface area contributed by atoms with E-state index in [0.717, 1.165) is 117 Å². The van der Waals surface area contributed by atoms with Crippen molar-refractivity contribution in [3.8, 4) is 0 Å². The number of imidazole rings is 1. The Bertz CT molecular complexity index is 2160. The number of aromatic nitrogens is 2. The summed E-state index contributed by atoms with van der Waals surface area (Å²) in [6.07, 6.45) is 13.2. The third-order valence-electron chi connectivity index (χ3n) is 13.3. The molecule has 2 aliphatic carbocycles. The van der Waals surface area contributed by atoms with Gasteiger partial charge in [-0.2, -0.15) is 0 Å². The SMILES string of the molecule is C.CN1CCN(c2cc(NCC3CCCCC3)c(N)cc2Nc2ccccc2)CC1.CN1CCN(c2cc3c(cc2Nc2ccccc2)[nH]c(=O)n3CC2CCCCC2)CC1. The summed E-state index contributed by atoms with van der Waals surface area (Å²) in [5.74, 6) is 1.39. The highest BCUT2D eigenvalue weighted by Crippen LogP contribution is 2.38. The molecule has 2 saturated heterocycles. The Morgan fingerprint density at radius 2 is 1.10 bits per heavy atom. The van der Waals surface area contributed by atoms with Gasteiger partial charge in [-0.3, -0.25) is 4.57 Å². The highest BCUT2D eigenvalue weighted by atomic mass is 16.1. The average Bonchev–Trinajstić information content (AvgIpc) is 3.58. The summed E-state index contributed by atoms with van der Waals surface area (Å²) < 4.78 is 1.98. The Kier molecular flexibility index (Phi) is 15.2. The van der Waals surface area contributed by atoms with Crippen LogP contribution in [0.4, 0.5) is 45.5 Å². The molecule has 6 N–H and O–H groups in total. The Morgan fingerprint density at radius 3 is 1.64 bits per heavy atom. The number of rotatable bonds is 11. The smallest absolute Gasteiger partial charge is 0.326 e. The zero-order valence-corrected chi connectivity index (χ0v) is 36.1. The van der Waals surface area contributed by atoms with Crippen LogP contribution in [0.5, 0.6) is 0 Å². The van der Waals surface area contributed by atoms with Gasteiger partial charge in [0.2, 0.25) is 0 Å². The van der Waals surface area contributed by atoms with Gasteiger partial charge in [0.1, 0.15) is 0 Å². The largest absolute Gasteiger partial charge is 0.397 e. The minimum Gasteiger partial charge on any atom is -0.397 e. The van der Waals surface area contributed by atoms with Crippen LogP contribution < -0.4 is 37.2 Å². The zero-order valence-electron chi connectivity index (χ0n) is 36.1. The third-order valence-corrected chi connectivity index (χ3v) is 13.3. The number of hydrogen-bond acceptors (Lipinski definition) is 9. The lowest BCUT2D eigenvalue weighted by Crippen LogP contribution is -2.44. The first kappa shape index (κ1) is 43.9. The Labute approximate surface area is 364 Å². The molecule has 0 unspecified atom stereocenters. The van der Waals surface area contributed by atoms with E-state index in [-0.39, 0.29) is 13.1 Å². The van der Waals surface area contributed by atoms with E-state index >= 15 is 0 Å². The number of piperazine rings is 2. The molecule has 61 heavy (non-hydrogen) atoms. The first-order chi connectivity index (χ1) is 29.4. The van der Waals surface area contributed by atoms with Gasteiger partial charge in [0.15, 0.2) is 0 Å². The molecule has 4 aromatic carbocycles. The summed E-state index contributed by atoms with van der Waals surface area (Å²) in [6.45, 7) is 10.2. The second kappa shape index (κ2) is 21.1. The molecule has 2 aliphatic heterocycles. The average molecular weight is 829 g/mol. The number of nitrogens with one attached hydrogen (secondary N) is 4. The summed E-state index contributed by atoms with van der Waals surface area (Å²) in [7, 11) is 4.37. The number of nitrogens with two attached hydrogens (primary N) is 1. The van der Waals surface area contributed by atoms with Crippen LogP contribution >= 0.6 is 0 Å². The maximum atomic E-state index is 12.9. The van der Waals surface area contributed by atoms with Crippen LogP contribution in [-0.4, -0.2) is 92.3 Å². The molecule has 0 bridgehead atoms. The number of para-hydroxylation sites is 2. The number of benzene rings is 4. The Hall–Kier alpha value is -5.13. The van der Waals surface area contributed by atoms with Crippen molar-refractivity contribution in [3.05, 3.63) is 95.4 Å². The number of nitrogen functional groups attached to an aromatic ring is 1. The monoisotopic (exact) mass is 829 g/mol. The molecule has 3 heterocycles. The molecule has 0 amide bonds. The van der Waals surface area contributed by atoms with E-state index in [9.17, 15) is 4.79 Å². The molecule has 5 aromatic rings. The van der Waals surface area contributed by atoms with Gasteiger partial charge in [0.05, 0.1) is 45.2 Å². The normalized spacial score (nSPS) is 18.3. The van der Waals surface area contributed by atoms with Crippen molar-refractivity contribution in [1.82, 2.24) is 19.4 Å². The molecule has 4 fully saturated rings. The minimum atomic E-state index is 0. The van der Waals surface area contributed by atoms with Crippen molar-refractivity contribution in [3.63, 3.8) is 0 Å². The molecular weight excluding hydrogens is 757 g/mol. The van der Waals surface area contributed by atoms with E-state index in [1.807, 2.05) is 28.8 Å². The number of nitrogens with zero attached hydrogens (tertiary/aromatic N) is 5. The topological polar surface area (TPSA) is 113 Å². The van der Waals surface area contributed by atoms with Gasteiger partial charge in [-0.05, 0) is 100 Å². The van der Waals surface area contributed by atoms with Crippen LogP contribution in [0, 0.1) is 11.8 Å². The molecule has 328 valence electrons. The van der Waals surface area contributed by atoms with Gasteiger partial charge in [0.25, 0.3) is 0 Å². The van der Waals surface area contributed by atoms with Gasteiger partial charge in [-0.1, -0.05) is 82.3 Å². The van der Waals surface area contributed by atoms with Crippen molar-refractivity contribution in [2.45, 2.75) is 78.2 Å². The second-order valence-electron chi connectivity index (χ2n) is 17.8. The van der Waals surface area contributed by atoms with Crippen molar-refractivity contribution in [2.24, 2.45) is 11.8 Å².